The number of aliphatic imine (C=N–C) groups is 1. The molecule has 1 heterocycles. The summed E-state index contributed by atoms with van der Waals surface area (Å²) in [5, 5.41) is 9.74. The van der Waals surface area contributed by atoms with Crippen LogP contribution in [-0.2, 0) is 0 Å². The van der Waals surface area contributed by atoms with Gasteiger partial charge in [-0.05, 0) is 37.7 Å². The van der Waals surface area contributed by atoms with Crippen molar-refractivity contribution >= 4 is 29.9 Å². The minimum absolute atomic E-state index is 0. The lowest BCUT2D eigenvalue weighted by Gasteiger charge is -2.31. The number of piperidine rings is 1. The normalized spacial score (nSPS) is 19.1. The monoisotopic (exact) mass is 431 g/mol. The molecule has 23 heavy (non-hydrogen) atoms. The fourth-order valence-electron chi connectivity index (χ4n) is 2.99. The van der Waals surface area contributed by atoms with E-state index in [2.05, 4.69) is 28.9 Å². The molecule has 1 saturated heterocycles. The van der Waals surface area contributed by atoms with Gasteiger partial charge in [0.2, 0.25) is 0 Å². The van der Waals surface area contributed by atoms with Crippen LogP contribution < -0.4 is 5.73 Å². The SMILES string of the molecule is CC(O)CC(CN=C(N)N1CCC(C)CC1)c1ccccc1.I. The average molecular weight is 431 g/mol. The van der Waals surface area contributed by atoms with Crippen LogP contribution in [0.5, 0.6) is 0 Å². The van der Waals surface area contributed by atoms with Gasteiger partial charge in [0, 0.05) is 25.6 Å². The summed E-state index contributed by atoms with van der Waals surface area (Å²) in [6, 6.07) is 10.3. The van der Waals surface area contributed by atoms with Crippen molar-refractivity contribution in [3.05, 3.63) is 35.9 Å². The van der Waals surface area contributed by atoms with E-state index in [4.69, 9.17) is 5.73 Å². The van der Waals surface area contributed by atoms with Gasteiger partial charge in [-0.1, -0.05) is 37.3 Å². The first-order chi connectivity index (χ1) is 10.6. The van der Waals surface area contributed by atoms with Crippen molar-refractivity contribution in [2.75, 3.05) is 19.6 Å². The zero-order valence-corrected chi connectivity index (χ0v) is 16.5. The second kappa shape index (κ2) is 10.1. The number of aliphatic hydroxyl groups is 1. The average Bonchev–Trinajstić information content (AvgIpc) is 2.52. The molecule has 1 aliphatic rings. The first-order valence-electron chi connectivity index (χ1n) is 8.34. The summed E-state index contributed by atoms with van der Waals surface area (Å²) in [5.74, 6) is 1.65. The summed E-state index contributed by atoms with van der Waals surface area (Å²) in [4.78, 5) is 6.80. The third-order valence-electron chi connectivity index (χ3n) is 4.48. The number of guanidine groups is 1. The number of likely N-dealkylation sites (tertiary alicyclic amines) is 1. The van der Waals surface area contributed by atoms with Crippen LogP contribution in [0.4, 0.5) is 0 Å². The summed E-state index contributed by atoms with van der Waals surface area (Å²) in [6.45, 7) is 6.76. The second-order valence-corrected chi connectivity index (χ2v) is 6.56. The number of nitrogens with zero attached hydrogens (tertiary/aromatic N) is 2. The van der Waals surface area contributed by atoms with Crippen molar-refractivity contribution < 1.29 is 5.11 Å². The Morgan fingerprint density at radius 2 is 1.91 bits per heavy atom. The van der Waals surface area contributed by atoms with Gasteiger partial charge in [0.1, 0.15) is 0 Å². The summed E-state index contributed by atoms with van der Waals surface area (Å²) in [6.07, 6.45) is 2.74. The quantitative estimate of drug-likeness (QED) is 0.428. The lowest BCUT2D eigenvalue weighted by molar-refractivity contribution is 0.175. The number of hydrogen-bond acceptors (Lipinski definition) is 2. The van der Waals surface area contributed by atoms with Crippen LogP contribution in [0.1, 0.15) is 44.6 Å². The van der Waals surface area contributed by atoms with E-state index in [-0.39, 0.29) is 36.0 Å². The minimum atomic E-state index is -0.336. The number of nitrogens with two attached hydrogens (primary N) is 1. The molecule has 1 aliphatic heterocycles. The van der Waals surface area contributed by atoms with E-state index < -0.39 is 0 Å². The maximum atomic E-state index is 9.74. The number of halogens is 1. The maximum Gasteiger partial charge on any atom is 0.191 e. The van der Waals surface area contributed by atoms with Crippen molar-refractivity contribution in [3.63, 3.8) is 0 Å². The Kier molecular flexibility index (Phi) is 8.91. The molecule has 2 atom stereocenters. The van der Waals surface area contributed by atoms with Crippen molar-refractivity contribution in [1.82, 2.24) is 4.90 Å². The van der Waals surface area contributed by atoms with Crippen LogP contribution in [-0.4, -0.2) is 41.7 Å². The van der Waals surface area contributed by atoms with Crippen LogP contribution in [0.2, 0.25) is 0 Å². The predicted molar refractivity (Wildman–Crippen MR) is 107 cm³/mol. The van der Waals surface area contributed by atoms with Crippen molar-refractivity contribution in [2.45, 2.75) is 45.1 Å². The minimum Gasteiger partial charge on any atom is -0.393 e. The van der Waals surface area contributed by atoms with E-state index in [9.17, 15) is 5.11 Å². The molecule has 1 aromatic carbocycles. The van der Waals surface area contributed by atoms with Gasteiger partial charge in [-0.25, -0.2) is 0 Å². The van der Waals surface area contributed by atoms with Crippen molar-refractivity contribution in [3.8, 4) is 0 Å². The van der Waals surface area contributed by atoms with E-state index in [0.717, 1.165) is 19.0 Å². The lowest BCUT2D eigenvalue weighted by atomic mass is 9.93. The third kappa shape index (κ3) is 6.67. The van der Waals surface area contributed by atoms with E-state index in [0.29, 0.717) is 18.9 Å². The maximum absolute atomic E-state index is 9.74. The zero-order valence-electron chi connectivity index (χ0n) is 14.2. The predicted octanol–water partition coefficient (Wildman–Crippen LogP) is 3.21. The smallest absolute Gasteiger partial charge is 0.191 e. The van der Waals surface area contributed by atoms with E-state index in [1.807, 2.05) is 25.1 Å². The topological polar surface area (TPSA) is 61.9 Å². The molecule has 1 fully saturated rings. The molecule has 0 saturated carbocycles. The molecule has 130 valence electrons. The second-order valence-electron chi connectivity index (χ2n) is 6.56. The number of benzene rings is 1. The van der Waals surface area contributed by atoms with Gasteiger partial charge in [-0.3, -0.25) is 4.99 Å². The number of hydrogen-bond donors (Lipinski definition) is 2. The fraction of sp³-hybridized carbons (Fsp3) is 0.611. The molecule has 0 radical (unpaired) electrons. The third-order valence-corrected chi connectivity index (χ3v) is 4.48. The van der Waals surface area contributed by atoms with Crippen molar-refractivity contribution in [1.29, 1.82) is 0 Å². The van der Waals surface area contributed by atoms with Gasteiger partial charge < -0.3 is 15.7 Å². The number of aliphatic hydroxyl groups excluding tert-OH is 1. The van der Waals surface area contributed by atoms with Crippen LogP contribution in [0, 0.1) is 5.92 Å². The summed E-state index contributed by atoms with van der Waals surface area (Å²) < 4.78 is 0. The molecule has 0 spiro atoms. The van der Waals surface area contributed by atoms with Crippen LogP contribution in [0.15, 0.2) is 35.3 Å². The molecule has 2 unspecified atom stereocenters. The molecular formula is C18H30IN3O. The molecular weight excluding hydrogens is 401 g/mol. The van der Waals surface area contributed by atoms with Gasteiger partial charge in [0.25, 0.3) is 0 Å². The Bertz CT molecular complexity index is 470. The Hall–Kier alpha value is -0.820. The summed E-state index contributed by atoms with van der Waals surface area (Å²) in [5.41, 5.74) is 7.38. The highest BCUT2D eigenvalue weighted by Gasteiger charge is 2.18. The first-order valence-corrected chi connectivity index (χ1v) is 8.34. The molecule has 0 aromatic heterocycles. The lowest BCUT2D eigenvalue weighted by Crippen LogP contribution is -2.42. The standard InChI is InChI=1S/C18H29N3O.HI/c1-14-8-10-21(11-9-14)18(19)20-13-17(12-15(2)22)16-6-4-3-5-7-16;/h3-7,14-15,17,22H,8-13H2,1-2H3,(H2,19,20);1H. The highest BCUT2D eigenvalue weighted by molar-refractivity contribution is 14.0. The van der Waals surface area contributed by atoms with Gasteiger partial charge in [-0.2, -0.15) is 0 Å². The Morgan fingerprint density at radius 1 is 1.30 bits per heavy atom. The van der Waals surface area contributed by atoms with E-state index in [1.54, 1.807) is 0 Å². The Balaban J connectivity index is 0.00000264. The van der Waals surface area contributed by atoms with Crippen LogP contribution in [0.3, 0.4) is 0 Å². The summed E-state index contributed by atoms with van der Waals surface area (Å²) in [7, 11) is 0. The van der Waals surface area contributed by atoms with Crippen LogP contribution in [0.25, 0.3) is 0 Å². The fourth-order valence-corrected chi connectivity index (χ4v) is 2.99. The largest absolute Gasteiger partial charge is 0.393 e. The molecule has 2 rings (SSSR count). The van der Waals surface area contributed by atoms with Crippen LogP contribution >= 0.6 is 24.0 Å². The van der Waals surface area contributed by atoms with Crippen molar-refractivity contribution in [2.24, 2.45) is 16.6 Å². The molecule has 0 amide bonds. The zero-order chi connectivity index (χ0) is 15.9. The van der Waals surface area contributed by atoms with Gasteiger partial charge >= 0.3 is 0 Å². The Labute approximate surface area is 157 Å². The highest BCUT2D eigenvalue weighted by atomic mass is 127. The first kappa shape index (κ1) is 20.2. The number of rotatable bonds is 5. The summed E-state index contributed by atoms with van der Waals surface area (Å²) >= 11 is 0. The van der Waals surface area contributed by atoms with Gasteiger partial charge in [0.15, 0.2) is 5.96 Å². The van der Waals surface area contributed by atoms with Gasteiger partial charge in [-0.15, -0.1) is 24.0 Å². The van der Waals surface area contributed by atoms with E-state index >= 15 is 0 Å². The molecule has 0 aliphatic carbocycles. The van der Waals surface area contributed by atoms with E-state index in [1.165, 1.54) is 18.4 Å². The molecule has 0 bridgehead atoms. The molecule has 4 nitrogen and oxygen atoms in total. The molecule has 5 heteroatoms. The Morgan fingerprint density at radius 3 is 2.48 bits per heavy atom. The molecule has 3 N–H and O–H groups in total. The molecule has 1 aromatic rings. The van der Waals surface area contributed by atoms with Gasteiger partial charge in [0.05, 0.1) is 6.10 Å². The highest BCUT2D eigenvalue weighted by Crippen LogP contribution is 2.22.